The zero-order chi connectivity index (χ0) is 17.1. The van der Waals surface area contributed by atoms with Crippen LogP contribution >= 0.6 is 23.2 Å². The first-order valence-corrected chi connectivity index (χ1v) is 9.20. The summed E-state index contributed by atoms with van der Waals surface area (Å²) in [5.41, 5.74) is 3.50. The van der Waals surface area contributed by atoms with Crippen molar-refractivity contribution in [3.05, 3.63) is 51.3 Å². The lowest BCUT2D eigenvalue weighted by molar-refractivity contribution is 0.266. The van der Waals surface area contributed by atoms with Crippen molar-refractivity contribution < 1.29 is 5.11 Å². The van der Waals surface area contributed by atoms with Gasteiger partial charge in [0.1, 0.15) is 0 Å². The first-order valence-electron chi connectivity index (χ1n) is 8.44. The maximum atomic E-state index is 9.17. The topological polar surface area (TPSA) is 50.1 Å². The molecule has 0 fully saturated rings. The van der Waals surface area contributed by atoms with Crippen LogP contribution in [0.25, 0.3) is 0 Å². The fraction of sp³-hybridized carbons (Fsp3) is 0.500. The Bertz CT molecular complexity index is 681. The minimum absolute atomic E-state index is 0.119. The molecule has 4 nitrogen and oxygen atoms in total. The van der Waals surface area contributed by atoms with Gasteiger partial charge in [0, 0.05) is 33.4 Å². The lowest BCUT2D eigenvalue weighted by Gasteiger charge is -2.28. The molecule has 1 heterocycles. The zero-order valence-corrected chi connectivity index (χ0v) is 15.3. The molecule has 1 aliphatic carbocycles. The molecule has 130 valence electrons. The average Bonchev–Trinajstić information content (AvgIpc) is 2.96. The number of rotatable bonds is 6. The summed E-state index contributed by atoms with van der Waals surface area (Å²) in [5.74, 6) is 0. The molecule has 0 spiro atoms. The fourth-order valence-corrected chi connectivity index (χ4v) is 4.07. The van der Waals surface area contributed by atoms with Gasteiger partial charge in [-0.05, 0) is 50.3 Å². The minimum atomic E-state index is 0.119. The molecule has 2 aromatic rings. The highest BCUT2D eigenvalue weighted by molar-refractivity contribution is 6.36. The number of hydrogen-bond donors (Lipinski definition) is 2. The zero-order valence-electron chi connectivity index (χ0n) is 13.8. The van der Waals surface area contributed by atoms with Gasteiger partial charge < -0.3 is 10.4 Å². The lowest BCUT2D eigenvalue weighted by Crippen LogP contribution is -2.34. The highest BCUT2D eigenvalue weighted by Gasteiger charge is 2.25. The molecule has 1 aliphatic rings. The number of aliphatic hydroxyl groups is 1. The van der Waals surface area contributed by atoms with E-state index in [2.05, 4.69) is 17.3 Å². The van der Waals surface area contributed by atoms with E-state index in [0.717, 1.165) is 41.3 Å². The molecule has 0 amide bonds. The summed E-state index contributed by atoms with van der Waals surface area (Å²) in [4.78, 5) is 0. The van der Waals surface area contributed by atoms with E-state index in [-0.39, 0.29) is 18.7 Å². The van der Waals surface area contributed by atoms with Gasteiger partial charge in [-0.25, -0.2) is 0 Å². The summed E-state index contributed by atoms with van der Waals surface area (Å²) in [6.45, 7) is 2.84. The summed E-state index contributed by atoms with van der Waals surface area (Å²) >= 11 is 12.6. The average molecular weight is 368 g/mol. The molecule has 2 atom stereocenters. The summed E-state index contributed by atoms with van der Waals surface area (Å²) in [6.07, 6.45) is 5.98. The molecule has 6 heteroatoms. The van der Waals surface area contributed by atoms with Crippen LogP contribution in [0.15, 0.2) is 24.4 Å². The second-order valence-electron chi connectivity index (χ2n) is 6.41. The third-order valence-electron chi connectivity index (χ3n) is 4.63. The van der Waals surface area contributed by atoms with Gasteiger partial charge >= 0.3 is 0 Å². The molecule has 3 rings (SSSR count). The Kier molecular flexibility index (Phi) is 5.82. The maximum absolute atomic E-state index is 9.17. The fourth-order valence-electron chi connectivity index (χ4n) is 3.52. The molecule has 24 heavy (non-hydrogen) atoms. The van der Waals surface area contributed by atoms with Crippen LogP contribution in [0.3, 0.4) is 0 Å². The van der Waals surface area contributed by atoms with E-state index in [4.69, 9.17) is 28.3 Å². The van der Waals surface area contributed by atoms with Crippen molar-refractivity contribution in [3.8, 4) is 0 Å². The molecule has 1 aromatic heterocycles. The van der Waals surface area contributed by atoms with Crippen molar-refractivity contribution in [1.82, 2.24) is 15.1 Å². The van der Waals surface area contributed by atoms with Gasteiger partial charge in [0.05, 0.1) is 19.3 Å². The van der Waals surface area contributed by atoms with Crippen molar-refractivity contribution in [2.24, 2.45) is 0 Å². The van der Waals surface area contributed by atoms with Crippen molar-refractivity contribution in [2.75, 3.05) is 6.61 Å². The number of hydrogen-bond acceptors (Lipinski definition) is 3. The quantitative estimate of drug-likeness (QED) is 0.816. The molecular formula is C18H23Cl2N3O. The number of aromatic nitrogens is 2. The monoisotopic (exact) mass is 367 g/mol. The van der Waals surface area contributed by atoms with E-state index >= 15 is 0 Å². The third-order valence-corrected chi connectivity index (χ3v) is 5.34. The summed E-state index contributed by atoms with van der Waals surface area (Å²) < 4.78 is 1.93. The third kappa shape index (κ3) is 3.77. The van der Waals surface area contributed by atoms with Gasteiger partial charge in [-0.2, -0.15) is 5.10 Å². The largest absolute Gasteiger partial charge is 0.394 e. The Hall–Kier alpha value is -1.07. The van der Waals surface area contributed by atoms with E-state index in [1.807, 2.05) is 29.1 Å². The Balaban J connectivity index is 1.71. The van der Waals surface area contributed by atoms with Gasteiger partial charge in [-0.1, -0.05) is 29.3 Å². The maximum Gasteiger partial charge on any atom is 0.0644 e. The van der Waals surface area contributed by atoms with E-state index in [9.17, 15) is 0 Å². The van der Waals surface area contributed by atoms with Crippen LogP contribution in [0.4, 0.5) is 0 Å². The smallest absolute Gasteiger partial charge is 0.0644 e. The highest BCUT2D eigenvalue weighted by atomic mass is 35.5. The van der Waals surface area contributed by atoms with E-state index < -0.39 is 0 Å². The van der Waals surface area contributed by atoms with Gasteiger partial charge in [-0.15, -0.1) is 0 Å². The predicted octanol–water partition coefficient (Wildman–Crippen LogP) is 3.78. The lowest BCUT2D eigenvalue weighted by atomic mass is 9.92. The first kappa shape index (κ1) is 17.7. The molecular weight excluding hydrogens is 345 g/mol. The molecule has 0 radical (unpaired) electrons. The number of aliphatic hydroxyl groups excluding tert-OH is 1. The standard InChI is InChI=1S/C18H23Cl2N3O/c1-12(10-13-15(19)4-2-5-16(13)20)22-17-6-3-7-18-14(17)11-21-23(18)8-9-24/h2,4-5,11-12,17,22,24H,3,6-10H2,1H3. The molecule has 2 N–H and O–H groups in total. The molecule has 2 unspecified atom stereocenters. The number of nitrogens with zero attached hydrogens (tertiary/aromatic N) is 2. The predicted molar refractivity (Wildman–Crippen MR) is 97.8 cm³/mol. The Labute approximate surface area is 152 Å². The normalized spacial score (nSPS) is 18.4. The molecule has 0 aliphatic heterocycles. The summed E-state index contributed by atoms with van der Waals surface area (Å²) in [7, 11) is 0. The van der Waals surface area contributed by atoms with Crippen molar-refractivity contribution >= 4 is 23.2 Å². The summed E-state index contributed by atoms with van der Waals surface area (Å²) in [5, 5.41) is 18.7. The van der Waals surface area contributed by atoms with Crippen LogP contribution in [0.5, 0.6) is 0 Å². The second kappa shape index (κ2) is 7.87. The van der Waals surface area contributed by atoms with Gasteiger partial charge in [0.2, 0.25) is 0 Å². The highest BCUT2D eigenvalue weighted by Crippen LogP contribution is 2.31. The molecule has 0 saturated carbocycles. The van der Waals surface area contributed by atoms with E-state index in [1.54, 1.807) is 0 Å². The number of benzene rings is 1. The number of nitrogens with one attached hydrogen (secondary N) is 1. The number of fused-ring (bicyclic) bond motifs is 1. The van der Waals surface area contributed by atoms with E-state index in [1.165, 1.54) is 11.3 Å². The second-order valence-corrected chi connectivity index (χ2v) is 7.22. The van der Waals surface area contributed by atoms with Gasteiger partial charge in [0.15, 0.2) is 0 Å². The van der Waals surface area contributed by atoms with Crippen LogP contribution < -0.4 is 5.32 Å². The van der Waals surface area contributed by atoms with Crippen LogP contribution in [-0.4, -0.2) is 27.5 Å². The Morgan fingerprint density at radius 2 is 2.12 bits per heavy atom. The SMILES string of the molecule is CC(Cc1c(Cl)cccc1Cl)NC1CCCc2c1cnn2CCO. The molecule has 1 aromatic carbocycles. The van der Waals surface area contributed by atoms with Crippen LogP contribution in [-0.2, 0) is 19.4 Å². The van der Waals surface area contributed by atoms with Crippen molar-refractivity contribution in [2.45, 2.75) is 51.2 Å². The number of halogens is 2. The van der Waals surface area contributed by atoms with E-state index in [0.29, 0.717) is 6.54 Å². The molecule has 0 bridgehead atoms. The van der Waals surface area contributed by atoms with Crippen LogP contribution in [0, 0.1) is 0 Å². The first-order chi connectivity index (χ1) is 11.6. The van der Waals surface area contributed by atoms with Crippen molar-refractivity contribution in [1.29, 1.82) is 0 Å². The van der Waals surface area contributed by atoms with Gasteiger partial charge in [0.25, 0.3) is 0 Å². The van der Waals surface area contributed by atoms with Crippen molar-refractivity contribution in [3.63, 3.8) is 0 Å². The Morgan fingerprint density at radius 1 is 1.38 bits per heavy atom. The van der Waals surface area contributed by atoms with Gasteiger partial charge in [-0.3, -0.25) is 4.68 Å². The van der Waals surface area contributed by atoms with Crippen LogP contribution in [0.1, 0.15) is 42.6 Å². The summed E-state index contributed by atoms with van der Waals surface area (Å²) in [6, 6.07) is 6.17. The molecule has 0 saturated heterocycles. The Morgan fingerprint density at radius 3 is 2.83 bits per heavy atom. The minimum Gasteiger partial charge on any atom is -0.394 e. The van der Waals surface area contributed by atoms with Crippen LogP contribution in [0.2, 0.25) is 10.0 Å².